The fourth-order valence-electron chi connectivity index (χ4n) is 2.73. The first-order valence-electron chi connectivity index (χ1n) is 9.16. The summed E-state index contributed by atoms with van der Waals surface area (Å²) in [4.78, 5) is 0. The Hall–Kier alpha value is -1.37. The molecule has 0 N–H and O–H groups in total. The summed E-state index contributed by atoms with van der Waals surface area (Å²) in [5, 5.41) is 11.8. The van der Waals surface area contributed by atoms with Gasteiger partial charge in [-0.15, -0.1) is 16.8 Å². The van der Waals surface area contributed by atoms with E-state index in [0.717, 1.165) is 23.0 Å². The van der Waals surface area contributed by atoms with Gasteiger partial charge in [0.25, 0.3) is 0 Å². The van der Waals surface area contributed by atoms with E-state index in [1.54, 1.807) is 30.0 Å². The number of thioether (sulfide) groups is 1. The van der Waals surface area contributed by atoms with Crippen molar-refractivity contribution >= 4 is 58.2 Å². The third kappa shape index (κ3) is 6.08. The molecular formula is C21H19Cl4N3OS. The summed E-state index contributed by atoms with van der Waals surface area (Å²) >= 11 is 26.1. The Morgan fingerprint density at radius 1 is 1.03 bits per heavy atom. The molecule has 0 aliphatic heterocycles. The van der Waals surface area contributed by atoms with Crippen molar-refractivity contribution in [1.29, 1.82) is 0 Å². The van der Waals surface area contributed by atoms with Crippen molar-refractivity contribution in [3.63, 3.8) is 0 Å². The normalized spacial score (nSPS) is 10.9. The summed E-state index contributed by atoms with van der Waals surface area (Å²) in [5.74, 6) is 2.08. The highest BCUT2D eigenvalue weighted by atomic mass is 35.5. The average Bonchev–Trinajstić information content (AvgIpc) is 3.08. The molecule has 3 rings (SSSR count). The second-order valence-corrected chi connectivity index (χ2v) is 8.91. The molecule has 9 heteroatoms. The van der Waals surface area contributed by atoms with Crippen molar-refractivity contribution in [3.8, 4) is 5.75 Å². The van der Waals surface area contributed by atoms with Crippen LogP contribution in [-0.2, 0) is 18.7 Å². The van der Waals surface area contributed by atoms with Crippen LogP contribution in [-0.4, -0.2) is 21.4 Å². The quantitative estimate of drug-likeness (QED) is 0.164. The lowest BCUT2D eigenvalue weighted by Crippen LogP contribution is -2.07. The van der Waals surface area contributed by atoms with Crippen molar-refractivity contribution in [3.05, 3.63) is 80.5 Å². The van der Waals surface area contributed by atoms with Gasteiger partial charge in [-0.2, -0.15) is 0 Å². The van der Waals surface area contributed by atoms with Crippen molar-refractivity contribution in [2.24, 2.45) is 0 Å². The summed E-state index contributed by atoms with van der Waals surface area (Å²) < 4.78 is 7.79. The van der Waals surface area contributed by atoms with E-state index in [2.05, 4.69) is 16.8 Å². The Morgan fingerprint density at radius 2 is 1.80 bits per heavy atom. The Bertz CT molecular complexity index is 1010. The second-order valence-electron chi connectivity index (χ2n) is 6.31. The lowest BCUT2D eigenvalue weighted by molar-refractivity contribution is 0.309. The van der Waals surface area contributed by atoms with Crippen molar-refractivity contribution < 1.29 is 4.74 Å². The van der Waals surface area contributed by atoms with Gasteiger partial charge in [0.2, 0.25) is 0 Å². The molecule has 0 unspecified atom stereocenters. The number of benzene rings is 2. The third-order valence-corrected chi connectivity index (χ3v) is 6.44. The molecule has 2 aromatic carbocycles. The fourth-order valence-corrected chi connectivity index (χ4v) is 4.91. The summed E-state index contributed by atoms with van der Waals surface area (Å²) in [6.45, 7) is 4.96. The predicted octanol–water partition coefficient (Wildman–Crippen LogP) is 7.38. The number of aromatic nitrogens is 3. The molecule has 0 bridgehead atoms. The van der Waals surface area contributed by atoms with Gasteiger partial charge in [-0.3, -0.25) is 0 Å². The number of aryl methyl sites for hydroxylation is 1. The fraction of sp³-hybridized carbons (Fsp3) is 0.238. The molecule has 30 heavy (non-hydrogen) atoms. The van der Waals surface area contributed by atoms with Crippen LogP contribution in [0.5, 0.6) is 5.75 Å². The van der Waals surface area contributed by atoms with Gasteiger partial charge in [0.15, 0.2) is 5.16 Å². The molecule has 0 spiro atoms. The highest BCUT2D eigenvalue weighted by molar-refractivity contribution is 7.98. The van der Waals surface area contributed by atoms with E-state index in [1.807, 2.05) is 28.8 Å². The van der Waals surface area contributed by atoms with Crippen LogP contribution >= 0.6 is 58.2 Å². The number of hydrogen-bond donors (Lipinski definition) is 0. The van der Waals surface area contributed by atoms with Crippen LogP contribution in [0.3, 0.4) is 0 Å². The number of allylic oxidation sites excluding steroid dienone is 1. The standard InChI is InChI=1S/C21H19Cl4N3OS/c1-2-10-28-20(7-4-11-29-19-9-8-14(22)12-18(19)25)26-27-21(28)30-13-15-16(23)5-3-6-17(15)24/h2-3,5-6,8-9,12H,1,4,7,10-11,13H2. The van der Waals surface area contributed by atoms with Crippen LogP contribution < -0.4 is 4.74 Å². The largest absolute Gasteiger partial charge is 0.492 e. The molecule has 0 saturated carbocycles. The number of ether oxygens (including phenoxy) is 1. The third-order valence-electron chi connectivity index (χ3n) is 4.21. The Kier molecular flexibility index (Phi) is 8.78. The van der Waals surface area contributed by atoms with Crippen LogP contribution in [0.15, 0.2) is 54.2 Å². The van der Waals surface area contributed by atoms with E-state index >= 15 is 0 Å². The Morgan fingerprint density at radius 3 is 2.50 bits per heavy atom. The SMILES string of the molecule is C=CCn1c(CCCOc2ccc(Cl)cc2Cl)nnc1SCc1c(Cl)cccc1Cl. The molecule has 0 saturated heterocycles. The van der Waals surface area contributed by atoms with E-state index in [9.17, 15) is 0 Å². The minimum absolute atomic E-state index is 0.495. The van der Waals surface area contributed by atoms with Crippen LogP contribution in [0.1, 0.15) is 17.8 Å². The highest BCUT2D eigenvalue weighted by Crippen LogP contribution is 2.31. The molecule has 1 heterocycles. The average molecular weight is 503 g/mol. The first-order chi connectivity index (χ1) is 14.5. The highest BCUT2D eigenvalue weighted by Gasteiger charge is 2.14. The van der Waals surface area contributed by atoms with E-state index in [-0.39, 0.29) is 0 Å². The number of nitrogens with zero attached hydrogens (tertiary/aromatic N) is 3. The summed E-state index contributed by atoms with van der Waals surface area (Å²) in [5.41, 5.74) is 0.883. The lowest BCUT2D eigenvalue weighted by atomic mass is 10.2. The minimum atomic E-state index is 0.495. The number of rotatable bonds is 10. The topological polar surface area (TPSA) is 39.9 Å². The molecule has 0 aliphatic rings. The van der Waals surface area contributed by atoms with Gasteiger partial charge in [0, 0.05) is 33.8 Å². The number of hydrogen-bond acceptors (Lipinski definition) is 4. The van der Waals surface area contributed by atoms with E-state index < -0.39 is 0 Å². The Labute approximate surface area is 200 Å². The molecule has 0 radical (unpaired) electrons. The van der Waals surface area contributed by atoms with E-state index in [1.165, 1.54) is 0 Å². The molecule has 0 atom stereocenters. The molecule has 4 nitrogen and oxygen atoms in total. The van der Waals surface area contributed by atoms with Gasteiger partial charge in [-0.1, -0.05) is 70.3 Å². The lowest BCUT2D eigenvalue weighted by Gasteiger charge is -2.10. The molecule has 0 amide bonds. The minimum Gasteiger partial charge on any atom is -0.492 e. The van der Waals surface area contributed by atoms with Crippen LogP contribution in [0, 0.1) is 0 Å². The van der Waals surface area contributed by atoms with Gasteiger partial charge < -0.3 is 9.30 Å². The zero-order valence-electron chi connectivity index (χ0n) is 16.0. The van der Waals surface area contributed by atoms with Gasteiger partial charge in [-0.05, 0) is 42.3 Å². The predicted molar refractivity (Wildman–Crippen MR) is 127 cm³/mol. The molecular weight excluding hydrogens is 484 g/mol. The summed E-state index contributed by atoms with van der Waals surface area (Å²) in [6, 6.07) is 10.7. The van der Waals surface area contributed by atoms with Gasteiger partial charge in [0.1, 0.15) is 11.6 Å². The number of halogens is 4. The summed E-state index contributed by atoms with van der Waals surface area (Å²) in [7, 11) is 0. The van der Waals surface area contributed by atoms with Gasteiger partial charge >= 0.3 is 0 Å². The second kappa shape index (κ2) is 11.3. The van der Waals surface area contributed by atoms with Crippen LogP contribution in [0.4, 0.5) is 0 Å². The maximum absolute atomic E-state index is 6.27. The maximum Gasteiger partial charge on any atom is 0.191 e. The summed E-state index contributed by atoms with van der Waals surface area (Å²) in [6.07, 6.45) is 3.29. The first kappa shape index (κ1) is 23.3. The Balaban J connectivity index is 1.60. The van der Waals surface area contributed by atoms with Gasteiger partial charge in [0.05, 0.1) is 11.6 Å². The molecule has 0 aliphatic carbocycles. The zero-order valence-corrected chi connectivity index (χ0v) is 19.8. The molecule has 0 fully saturated rings. The van der Waals surface area contributed by atoms with E-state index in [4.69, 9.17) is 51.1 Å². The van der Waals surface area contributed by atoms with Crippen LogP contribution in [0.25, 0.3) is 0 Å². The first-order valence-corrected chi connectivity index (χ1v) is 11.7. The zero-order chi connectivity index (χ0) is 21.5. The monoisotopic (exact) mass is 501 g/mol. The van der Waals surface area contributed by atoms with Crippen molar-refractivity contribution in [2.45, 2.75) is 30.3 Å². The molecule has 158 valence electrons. The maximum atomic E-state index is 6.27. The van der Waals surface area contributed by atoms with Crippen LogP contribution in [0.2, 0.25) is 20.1 Å². The smallest absolute Gasteiger partial charge is 0.191 e. The van der Waals surface area contributed by atoms with E-state index in [0.29, 0.717) is 51.2 Å². The van der Waals surface area contributed by atoms with Crippen molar-refractivity contribution in [2.75, 3.05) is 6.61 Å². The van der Waals surface area contributed by atoms with Crippen molar-refractivity contribution in [1.82, 2.24) is 14.8 Å². The molecule has 3 aromatic rings. The molecule has 1 aromatic heterocycles. The van der Waals surface area contributed by atoms with Gasteiger partial charge in [-0.25, -0.2) is 0 Å².